The first-order valence-corrected chi connectivity index (χ1v) is 7.42. The molecule has 1 aliphatic carbocycles. The second kappa shape index (κ2) is 5.80. The van der Waals surface area contributed by atoms with Crippen molar-refractivity contribution in [2.45, 2.75) is 51.0 Å². The number of aromatic nitrogens is 1. The molecular weight excluding hydrogens is 246 g/mol. The van der Waals surface area contributed by atoms with E-state index < -0.39 is 0 Å². The highest BCUT2D eigenvalue weighted by atomic mass is 32.1. The van der Waals surface area contributed by atoms with E-state index >= 15 is 0 Å². The number of carbonyl (C=O) groups excluding carboxylic acids is 1. The van der Waals surface area contributed by atoms with Crippen molar-refractivity contribution in [2.75, 3.05) is 6.54 Å². The first-order chi connectivity index (χ1) is 8.57. The van der Waals surface area contributed by atoms with E-state index in [0.717, 1.165) is 42.8 Å². The number of nitrogens with two attached hydrogens (primary N) is 1. The predicted molar refractivity (Wildman–Crippen MR) is 73.6 cm³/mol. The summed E-state index contributed by atoms with van der Waals surface area (Å²) in [5.74, 6) is 0.0766. The third-order valence-corrected chi connectivity index (χ3v) is 4.47. The zero-order chi connectivity index (χ0) is 13.0. The van der Waals surface area contributed by atoms with Gasteiger partial charge in [-0.15, -0.1) is 11.3 Å². The fourth-order valence-corrected chi connectivity index (χ4v) is 3.24. The summed E-state index contributed by atoms with van der Waals surface area (Å²) in [6.45, 7) is 2.64. The Morgan fingerprint density at radius 1 is 1.56 bits per heavy atom. The molecule has 0 unspecified atom stereocenters. The largest absolute Gasteiger partial charge is 0.356 e. The van der Waals surface area contributed by atoms with Crippen LogP contribution in [0.4, 0.5) is 0 Å². The lowest BCUT2D eigenvalue weighted by Gasteiger charge is -2.22. The Hall–Kier alpha value is -0.940. The van der Waals surface area contributed by atoms with Gasteiger partial charge in [-0.2, -0.15) is 0 Å². The van der Waals surface area contributed by atoms with Crippen LogP contribution in [0.1, 0.15) is 42.8 Å². The summed E-state index contributed by atoms with van der Waals surface area (Å²) in [5.41, 5.74) is 6.98. The van der Waals surface area contributed by atoms with Gasteiger partial charge in [-0.3, -0.25) is 4.79 Å². The van der Waals surface area contributed by atoms with E-state index in [1.165, 1.54) is 0 Å². The van der Waals surface area contributed by atoms with E-state index in [2.05, 4.69) is 10.3 Å². The summed E-state index contributed by atoms with van der Waals surface area (Å²) in [7, 11) is 0. The van der Waals surface area contributed by atoms with Gasteiger partial charge in [0.25, 0.3) is 0 Å². The number of nitrogens with zero attached hydrogens (tertiary/aromatic N) is 1. The Labute approximate surface area is 112 Å². The molecule has 0 bridgehead atoms. The number of aryl methyl sites for hydroxylation is 1. The summed E-state index contributed by atoms with van der Waals surface area (Å²) < 4.78 is 0. The van der Waals surface area contributed by atoms with Crippen LogP contribution in [0.15, 0.2) is 5.38 Å². The Morgan fingerprint density at radius 3 is 2.89 bits per heavy atom. The molecule has 4 nitrogen and oxygen atoms in total. The van der Waals surface area contributed by atoms with Crippen LogP contribution in [0, 0.1) is 6.92 Å². The maximum absolute atomic E-state index is 11.8. The quantitative estimate of drug-likeness (QED) is 0.854. The van der Waals surface area contributed by atoms with E-state index in [1.54, 1.807) is 11.3 Å². The third kappa shape index (κ3) is 3.78. The van der Waals surface area contributed by atoms with Crippen LogP contribution in [0.25, 0.3) is 0 Å². The zero-order valence-electron chi connectivity index (χ0n) is 10.9. The van der Waals surface area contributed by atoms with Crippen molar-refractivity contribution in [3.05, 3.63) is 16.1 Å². The van der Waals surface area contributed by atoms with Crippen LogP contribution in [0.2, 0.25) is 0 Å². The molecule has 0 atom stereocenters. The molecule has 0 aliphatic heterocycles. The monoisotopic (exact) mass is 267 g/mol. The van der Waals surface area contributed by atoms with Crippen molar-refractivity contribution in [1.82, 2.24) is 10.3 Å². The first kappa shape index (κ1) is 13.5. The highest BCUT2D eigenvalue weighted by Crippen LogP contribution is 2.29. The maximum atomic E-state index is 11.8. The molecular formula is C13H21N3OS. The average molecular weight is 267 g/mol. The molecule has 18 heavy (non-hydrogen) atoms. The molecule has 2 rings (SSSR count). The highest BCUT2D eigenvalue weighted by Gasteiger charge is 2.31. The number of rotatable bonds is 5. The fraction of sp³-hybridized carbons (Fsp3) is 0.692. The standard InChI is InChI=1S/C13H21N3OS/c1-10-9-18-12(16-10)4-7-15-11(17)8-13(14)5-2-3-6-13/h9H,2-8,14H2,1H3,(H,15,17). The highest BCUT2D eigenvalue weighted by molar-refractivity contribution is 7.09. The number of thiazole rings is 1. The van der Waals surface area contributed by atoms with Crippen molar-refractivity contribution in [3.8, 4) is 0 Å². The molecule has 1 amide bonds. The number of hydrogen-bond acceptors (Lipinski definition) is 4. The van der Waals surface area contributed by atoms with Crippen LogP contribution in [-0.4, -0.2) is 23.0 Å². The van der Waals surface area contributed by atoms with Crippen LogP contribution in [-0.2, 0) is 11.2 Å². The second-order valence-corrected chi connectivity index (χ2v) is 6.17. The third-order valence-electron chi connectivity index (χ3n) is 3.44. The summed E-state index contributed by atoms with van der Waals surface area (Å²) >= 11 is 1.65. The van der Waals surface area contributed by atoms with Gasteiger partial charge < -0.3 is 11.1 Å². The first-order valence-electron chi connectivity index (χ1n) is 6.54. The Kier molecular flexibility index (Phi) is 4.35. The van der Waals surface area contributed by atoms with Gasteiger partial charge in [0.1, 0.15) is 0 Å². The molecule has 1 saturated carbocycles. The van der Waals surface area contributed by atoms with Crippen molar-refractivity contribution >= 4 is 17.2 Å². The predicted octanol–water partition coefficient (Wildman–Crippen LogP) is 1.77. The number of hydrogen-bond donors (Lipinski definition) is 2. The van der Waals surface area contributed by atoms with E-state index in [9.17, 15) is 4.79 Å². The molecule has 1 aliphatic rings. The Bertz CT molecular complexity index is 410. The van der Waals surface area contributed by atoms with Gasteiger partial charge in [-0.1, -0.05) is 12.8 Å². The lowest BCUT2D eigenvalue weighted by Crippen LogP contribution is -2.42. The number of nitrogens with one attached hydrogen (secondary N) is 1. The van der Waals surface area contributed by atoms with Gasteiger partial charge in [-0.05, 0) is 19.8 Å². The molecule has 1 aromatic rings. The summed E-state index contributed by atoms with van der Waals surface area (Å²) in [5, 5.41) is 6.05. The summed E-state index contributed by atoms with van der Waals surface area (Å²) in [6, 6.07) is 0. The molecule has 0 aromatic carbocycles. The van der Waals surface area contributed by atoms with Gasteiger partial charge in [0.15, 0.2) is 0 Å². The van der Waals surface area contributed by atoms with Crippen LogP contribution in [0.3, 0.4) is 0 Å². The smallest absolute Gasteiger partial charge is 0.221 e. The molecule has 1 aromatic heterocycles. The topological polar surface area (TPSA) is 68.0 Å². The van der Waals surface area contributed by atoms with Gasteiger partial charge in [0.05, 0.1) is 5.01 Å². The maximum Gasteiger partial charge on any atom is 0.221 e. The van der Waals surface area contributed by atoms with Crippen LogP contribution in [0.5, 0.6) is 0 Å². The van der Waals surface area contributed by atoms with Gasteiger partial charge in [0, 0.05) is 36.0 Å². The minimum Gasteiger partial charge on any atom is -0.356 e. The fourth-order valence-electron chi connectivity index (χ4n) is 2.46. The lowest BCUT2D eigenvalue weighted by atomic mass is 9.94. The van der Waals surface area contributed by atoms with E-state index in [0.29, 0.717) is 13.0 Å². The van der Waals surface area contributed by atoms with E-state index in [-0.39, 0.29) is 11.4 Å². The number of carbonyl (C=O) groups is 1. The normalized spacial score (nSPS) is 17.9. The molecule has 0 radical (unpaired) electrons. The minimum absolute atomic E-state index is 0.0766. The Balaban J connectivity index is 1.68. The van der Waals surface area contributed by atoms with E-state index in [4.69, 9.17) is 5.73 Å². The molecule has 5 heteroatoms. The van der Waals surface area contributed by atoms with E-state index in [1.807, 2.05) is 12.3 Å². The SMILES string of the molecule is Cc1csc(CCNC(=O)CC2(N)CCCC2)n1. The molecule has 3 N–H and O–H groups in total. The van der Waals surface area contributed by atoms with Crippen molar-refractivity contribution in [2.24, 2.45) is 5.73 Å². The van der Waals surface area contributed by atoms with Gasteiger partial charge in [0.2, 0.25) is 5.91 Å². The van der Waals surface area contributed by atoms with Crippen molar-refractivity contribution in [3.63, 3.8) is 0 Å². The summed E-state index contributed by atoms with van der Waals surface area (Å²) in [4.78, 5) is 16.2. The molecule has 0 saturated heterocycles. The molecule has 100 valence electrons. The molecule has 1 heterocycles. The molecule has 1 fully saturated rings. The van der Waals surface area contributed by atoms with Crippen molar-refractivity contribution < 1.29 is 4.79 Å². The second-order valence-electron chi connectivity index (χ2n) is 5.23. The summed E-state index contributed by atoms with van der Waals surface area (Å²) in [6.07, 6.45) is 5.54. The van der Waals surface area contributed by atoms with Gasteiger partial charge in [-0.25, -0.2) is 4.98 Å². The zero-order valence-corrected chi connectivity index (χ0v) is 11.7. The van der Waals surface area contributed by atoms with Gasteiger partial charge >= 0.3 is 0 Å². The average Bonchev–Trinajstić information content (AvgIpc) is 2.88. The van der Waals surface area contributed by atoms with Crippen LogP contribution < -0.4 is 11.1 Å². The lowest BCUT2D eigenvalue weighted by molar-refractivity contribution is -0.122. The minimum atomic E-state index is -0.248. The number of amides is 1. The molecule has 0 spiro atoms. The van der Waals surface area contributed by atoms with Crippen LogP contribution >= 0.6 is 11.3 Å². The van der Waals surface area contributed by atoms with Crippen molar-refractivity contribution in [1.29, 1.82) is 0 Å². The Morgan fingerprint density at radius 2 is 2.28 bits per heavy atom.